The van der Waals surface area contributed by atoms with Gasteiger partial charge in [0.05, 0.1) is 11.3 Å². The number of nitrogens with zero attached hydrogens (tertiary/aromatic N) is 4. The predicted molar refractivity (Wildman–Crippen MR) is 113 cm³/mol. The highest BCUT2D eigenvalue weighted by atomic mass is 16.4. The minimum absolute atomic E-state index is 0.00452. The molecule has 0 amide bonds. The Hall–Kier alpha value is -3.47. The van der Waals surface area contributed by atoms with Crippen molar-refractivity contribution >= 4 is 17.3 Å². The number of carboxylic acids is 1. The number of carboxylic acid groups (broad SMARTS) is 1. The van der Waals surface area contributed by atoms with Gasteiger partial charge < -0.3 is 10.2 Å². The van der Waals surface area contributed by atoms with Gasteiger partial charge in [0, 0.05) is 12.1 Å². The highest BCUT2D eigenvalue weighted by Crippen LogP contribution is 2.28. The van der Waals surface area contributed by atoms with Crippen molar-refractivity contribution in [3.63, 3.8) is 0 Å². The first-order valence-electron chi connectivity index (χ1n) is 9.95. The van der Waals surface area contributed by atoms with Crippen LogP contribution in [0.15, 0.2) is 39.3 Å². The van der Waals surface area contributed by atoms with E-state index >= 15 is 0 Å². The average Bonchev–Trinajstić information content (AvgIpc) is 2.74. The Balaban J connectivity index is 2.47. The Morgan fingerprint density at radius 3 is 2.43 bits per heavy atom. The first kappa shape index (κ1) is 22.8. The molecule has 1 heterocycles. The van der Waals surface area contributed by atoms with Gasteiger partial charge in [-0.15, -0.1) is 5.11 Å². The fourth-order valence-electron chi connectivity index (χ4n) is 3.18. The summed E-state index contributed by atoms with van der Waals surface area (Å²) in [6, 6.07) is 7.68. The number of unbranched alkanes of at least 4 members (excludes halogenated alkanes) is 1. The van der Waals surface area contributed by atoms with Crippen molar-refractivity contribution in [2.24, 2.45) is 16.1 Å². The highest BCUT2D eigenvalue weighted by Gasteiger charge is 2.21. The van der Waals surface area contributed by atoms with Crippen LogP contribution in [0.1, 0.15) is 61.0 Å². The van der Waals surface area contributed by atoms with Gasteiger partial charge in [0.1, 0.15) is 11.6 Å². The zero-order chi connectivity index (χ0) is 22.3. The lowest BCUT2D eigenvalue weighted by Gasteiger charge is -2.19. The largest absolute Gasteiger partial charge is 0.493 e. The number of nitriles is 1. The number of aromatic hydroxyl groups is 1. The normalized spacial score (nSPS) is 12.1. The standard InChI is InChI=1S/C22H26N4O4/c1-4-6-7-15(5-2)13-26-20(27)18(12-23)14(3)19(21(26)28)25-24-17-10-8-16(9-11-17)22(29)30/h8-11,15,27H,4-7,13H2,1-3H3,(H,29,30). The van der Waals surface area contributed by atoms with Gasteiger partial charge in [-0.3, -0.25) is 9.36 Å². The van der Waals surface area contributed by atoms with Crippen LogP contribution in [0, 0.1) is 24.2 Å². The number of aromatic carboxylic acids is 1. The molecule has 0 aliphatic carbocycles. The lowest BCUT2D eigenvalue weighted by molar-refractivity contribution is 0.0697. The Labute approximate surface area is 175 Å². The minimum atomic E-state index is -1.05. The summed E-state index contributed by atoms with van der Waals surface area (Å²) in [6.07, 6.45) is 3.81. The molecule has 0 aliphatic heterocycles. The predicted octanol–water partition coefficient (Wildman–Crippen LogP) is 5.06. The maximum absolute atomic E-state index is 13.0. The van der Waals surface area contributed by atoms with Crippen molar-refractivity contribution in [1.29, 1.82) is 5.26 Å². The molecule has 0 aliphatic rings. The molecular formula is C22H26N4O4. The van der Waals surface area contributed by atoms with E-state index in [9.17, 15) is 20.0 Å². The van der Waals surface area contributed by atoms with E-state index in [2.05, 4.69) is 17.2 Å². The van der Waals surface area contributed by atoms with Crippen molar-refractivity contribution in [3.05, 3.63) is 51.3 Å². The summed E-state index contributed by atoms with van der Waals surface area (Å²) in [7, 11) is 0. The van der Waals surface area contributed by atoms with E-state index in [1.165, 1.54) is 28.8 Å². The smallest absolute Gasteiger partial charge is 0.335 e. The summed E-state index contributed by atoms with van der Waals surface area (Å²) < 4.78 is 1.21. The molecule has 2 aromatic rings. The highest BCUT2D eigenvalue weighted by molar-refractivity contribution is 5.87. The fourth-order valence-corrected chi connectivity index (χ4v) is 3.18. The van der Waals surface area contributed by atoms with Crippen LogP contribution in [0.4, 0.5) is 11.4 Å². The molecule has 158 valence electrons. The molecule has 0 saturated heterocycles. The molecule has 0 spiro atoms. The van der Waals surface area contributed by atoms with Crippen LogP contribution >= 0.6 is 0 Å². The zero-order valence-corrected chi connectivity index (χ0v) is 17.4. The van der Waals surface area contributed by atoms with Crippen molar-refractivity contribution in [2.45, 2.75) is 53.0 Å². The molecule has 2 N–H and O–H groups in total. The third-order valence-corrected chi connectivity index (χ3v) is 5.13. The summed E-state index contributed by atoms with van der Waals surface area (Å²) in [5.41, 5.74) is 0.202. The molecule has 30 heavy (non-hydrogen) atoms. The third kappa shape index (κ3) is 5.11. The molecule has 8 heteroatoms. The van der Waals surface area contributed by atoms with E-state index in [-0.39, 0.29) is 34.2 Å². The van der Waals surface area contributed by atoms with Crippen LogP contribution in [0.5, 0.6) is 5.88 Å². The van der Waals surface area contributed by atoms with Crippen LogP contribution < -0.4 is 5.56 Å². The van der Waals surface area contributed by atoms with Gasteiger partial charge in [-0.2, -0.15) is 10.4 Å². The Bertz CT molecular complexity index is 1030. The minimum Gasteiger partial charge on any atom is -0.493 e. The number of carbonyl (C=O) groups is 1. The van der Waals surface area contributed by atoms with Gasteiger partial charge >= 0.3 is 5.97 Å². The van der Waals surface area contributed by atoms with E-state index in [4.69, 9.17) is 5.11 Å². The third-order valence-electron chi connectivity index (χ3n) is 5.13. The fraction of sp³-hybridized carbons (Fsp3) is 0.409. The second kappa shape index (κ2) is 10.3. The maximum Gasteiger partial charge on any atom is 0.335 e. The van der Waals surface area contributed by atoms with Gasteiger partial charge in [-0.1, -0.05) is 33.1 Å². The summed E-state index contributed by atoms with van der Waals surface area (Å²) >= 11 is 0. The zero-order valence-electron chi connectivity index (χ0n) is 17.4. The number of hydrogen-bond donors (Lipinski definition) is 2. The lowest BCUT2D eigenvalue weighted by Crippen LogP contribution is -2.25. The molecule has 0 radical (unpaired) electrons. The summed E-state index contributed by atoms with van der Waals surface area (Å²) in [5, 5.41) is 37.0. The first-order valence-corrected chi connectivity index (χ1v) is 9.95. The van der Waals surface area contributed by atoms with Crippen molar-refractivity contribution in [3.8, 4) is 11.9 Å². The van der Waals surface area contributed by atoms with E-state index in [1.807, 2.05) is 13.0 Å². The number of benzene rings is 1. The van der Waals surface area contributed by atoms with E-state index in [0.29, 0.717) is 12.2 Å². The van der Waals surface area contributed by atoms with Crippen LogP contribution in [0.2, 0.25) is 0 Å². The van der Waals surface area contributed by atoms with Crippen LogP contribution in [0.25, 0.3) is 0 Å². The van der Waals surface area contributed by atoms with Gasteiger partial charge in [-0.05, 0) is 43.5 Å². The SMILES string of the molecule is CCCCC(CC)Cn1c(O)c(C#N)c(C)c(N=Nc2ccc(C(=O)O)cc2)c1=O. The summed E-state index contributed by atoms with van der Waals surface area (Å²) in [5.74, 6) is -1.21. The molecule has 1 aromatic carbocycles. The molecule has 8 nitrogen and oxygen atoms in total. The van der Waals surface area contributed by atoms with Crippen LogP contribution in [-0.2, 0) is 6.54 Å². The Morgan fingerprint density at radius 2 is 1.90 bits per heavy atom. The average molecular weight is 410 g/mol. The Kier molecular flexibility index (Phi) is 7.87. The monoisotopic (exact) mass is 410 g/mol. The van der Waals surface area contributed by atoms with Gasteiger partial charge in [0.25, 0.3) is 5.56 Å². The molecule has 1 unspecified atom stereocenters. The lowest BCUT2D eigenvalue weighted by atomic mass is 9.99. The molecule has 1 atom stereocenters. The second-order valence-corrected chi connectivity index (χ2v) is 7.17. The summed E-state index contributed by atoms with van der Waals surface area (Å²) in [6.45, 7) is 5.97. The van der Waals surface area contributed by atoms with Gasteiger partial charge in [0.15, 0.2) is 5.69 Å². The molecule has 2 rings (SSSR count). The maximum atomic E-state index is 13.0. The summed E-state index contributed by atoms with van der Waals surface area (Å²) in [4.78, 5) is 24.0. The molecule has 0 saturated carbocycles. The van der Waals surface area contributed by atoms with Crippen LogP contribution in [-0.4, -0.2) is 20.7 Å². The number of aromatic nitrogens is 1. The first-order chi connectivity index (χ1) is 14.3. The van der Waals surface area contributed by atoms with Crippen molar-refractivity contribution in [1.82, 2.24) is 4.57 Å². The second-order valence-electron chi connectivity index (χ2n) is 7.17. The van der Waals surface area contributed by atoms with Crippen LogP contribution in [0.3, 0.4) is 0 Å². The van der Waals surface area contributed by atoms with E-state index < -0.39 is 11.5 Å². The van der Waals surface area contributed by atoms with Gasteiger partial charge in [0.2, 0.25) is 5.88 Å². The molecular weight excluding hydrogens is 384 g/mol. The molecule has 1 aromatic heterocycles. The topological polar surface area (TPSA) is 128 Å². The quantitative estimate of drug-likeness (QED) is 0.558. The number of azo groups is 1. The number of pyridine rings is 1. The molecule has 0 bridgehead atoms. The van der Waals surface area contributed by atoms with E-state index in [1.54, 1.807) is 6.92 Å². The number of rotatable bonds is 9. The van der Waals surface area contributed by atoms with E-state index in [0.717, 1.165) is 25.7 Å². The van der Waals surface area contributed by atoms with Crippen molar-refractivity contribution < 1.29 is 15.0 Å². The van der Waals surface area contributed by atoms with Gasteiger partial charge in [-0.25, -0.2) is 4.79 Å². The van der Waals surface area contributed by atoms with Crippen molar-refractivity contribution in [2.75, 3.05) is 0 Å². The number of hydrogen-bond acceptors (Lipinski definition) is 6. The Morgan fingerprint density at radius 1 is 1.23 bits per heavy atom. The molecule has 0 fully saturated rings.